The monoisotopic (exact) mass is 363 g/mol. The van der Waals surface area contributed by atoms with Crippen LogP contribution in [-0.4, -0.2) is 27.3 Å². The summed E-state index contributed by atoms with van der Waals surface area (Å²) in [6, 6.07) is 4.31. The number of halogens is 2. The highest BCUT2D eigenvalue weighted by atomic mass is 35.7. The Bertz CT molecular complexity index is 691. The number of nitrogens with one attached hydrogen (secondary N) is 1. The van der Waals surface area contributed by atoms with Gasteiger partial charge in [-0.05, 0) is 24.6 Å². The number of amides is 1. The SMILES string of the molecule is CC(=O)Nc1cc(S(=O)(=O)Cl)ccc1C.O=S(=O)(O)Cl. The third-order valence-corrected chi connectivity index (χ3v) is 3.15. The largest absolute Gasteiger partial charge is 0.353 e. The molecule has 0 heterocycles. The molecule has 0 aliphatic carbocycles. The molecule has 1 rings (SSSR count). The molecule has 11 heteroatoms. The number of carbonyl (C=O) groups is 1. The van der Waals surface area contributed by atoms with E-state index in [-0.39, 0.29) is 10.8 Å². The fourth-order valence-electron chi connectivity index (χ4n) is 1.08. The molecule has 0 fully saturated rings. The number of hydrogen-bond donors (Lipinski definition) is 2. The van der Waals surface area contributed by atoms with Gasteiger partial charge in [-0.1, -0.05) is 6.07 Å². The van der Waals surface area contributed by atoms with E-state index in [4.69, 9.17) is 23.7 Å². The summed E-state index contributed by atoms with van der Waals surface area (Å²) in [5, 5.41) is 2.52. The molecule has 0 saturated carbocycles. The van der Waals surface area contributed by atoms with Crippen LogP contribution in [0.15, 0.2) is 23.1 Å². The third kappa shape index (κ3) is 9.10. The molecule has 1 amide bonds. The Balaban J connectivity index is 0.000000621. The molecule has 0 radical (unpaired) electrons. The Morgan fingerprint density at radius 2 is 1.65 bits per heavy atom. The van der Waals surface area contributed by atoms with Gasteiger partial charge in [-0.2, -0.15) is 8.42 Å². The van der Waals surface area contributed by atoms with E-state index >= 15 is 0 Å². The maximum Gasteiger partial charge on any atom is 0.353 e. The van der Waals surface area contributed by atoms with Gasteiger partial charge in [0, 0.05) is 34.0 Å². The molecule has 0 bridgehead atoms. The molecule has 1 aromatic carbocycles. The zero-order valence-electron chi connectivity index (χ0n) is 10.3. The Morgan fingerprint density at radius 3 is 2.00 bits per heavy atom. The molecule has 20 heavy (non-hydrogen) atoms. The number of benzene rings is 1. The molecular weight excluding hydrogens is 353 g/mol. The summed E-state index contributed by atoms with van der Waals surface area (Å²) in [4.78, 5) is 10.8. The summed E-state index contributed by atoms with van der Waals surface area (Å²) in [5.74, 6) is -0.262. The van der Waals surface area contributed by atoms with E-state index in [0.29, 0.717) is 5.69 Å². The van der Waals surface area contributed by atoms with E-state index < -0.39 is 18.4 Å². The van der Waals surface area contributed by atoms with E-state index in [1.165, 1.54) is 19.1 Å². The topological polar surface area (TPSA) is 118 Å². The minimum Gasteiger partial charge on any atom is -0.326 e. The number of hydrogen-bond acceptors (Lipinski definition) is 5. The third-order valence-electron chi connectivity index (χ3n) is 1.80. The van der Waals surface area contributed by atoms with Crippen molar-refractivity contribution >= 4 is 51.3 Å². The summed E-state index contributed by atoms with van der Waals surface area (Å²) in [5.41, 5.74) is 1.22. The van der Waals surface area contributed by atoms with Gasteiger partial charge in [0.2, 0.25) is 5.91 Å². The quantitative estimate of drug-likeness (QED) is 0.611. The predicted octanol–water partition coefficient (Wildman–Crippen LogP) is 1.91. The van der Waals surface area contributed by atoms with Gasteiger partial charge in [0.25, 0.3) is 9.05 Å². The minimum atomic E-state index is -4.19. The van der Waals surface area contributed by atoms with E-state index in [0.717, 1.165) is 5.56 Å². The fourth-order valence-corrected chi connectivity index (χ4v) is 1.85. The van der Waals surface area contributed by atoms with Gasteiger partial charge in [-0.25, -0.2) is 8.42 Å². The maximum atomic E-state index is 11.0. The average molecular weight is 364 g/mol. The summed E-state index contributed by atoms with van der Waals surface area (Å²) >= 11 is 0. The van der Waals surface area contributed by atoms with Crippen LogP contribution in [0.3, 0.4) is 0 Å². The van der Waals surface area contributed by atoms with Gasteiger partial charge in [0.1, 0.15) is 0 Å². The van der Waals surface area contributed by atoms with Crippen LogP contribution in [0.25, 0.3) is 0 Å². The van der Waals surface area contributed by atoms with Crippen LogP contribution in [0, 0.1) is 6.92 Å². The zero-order chi connectivity index (χ0) is 16.1. The van der Waals surface area contributed by atoms with Crippen LogP contribution in [0.4, 0.5) is 5.69 Å². The second kappa shape index (κ2) is 7.23. The van der Waals surface area contributed by atoms with Crippen LogP contribution in [0.1, 0.15) is 12.5 Å². The van der Waals surface area contributed by atoms with Crippen LogP contribution in [0.2, 0.25) is 0 Å². The number of rotatable bonds is 2. The molecule has 0 aliphatic heterocycles. The molecule has 7 nitrogen and oxygen atoms in total. The van der Waals surface area contributed by atoms with Gasteiger partial charge in [0.05, 0.1) is 4.90 Å². The summed E-state index contributed by atoms with van der Waals surface area (Å²) < 4.78 is 47.2. The second-order valence-corrected chi connectivity index (χ2v) is 8.07. The molecule has 0 aliphatic rings. The average Bonchev–Trinajstić information content (AvgIpc) is 2.16. The first kappa shape index (κ1) is 19.1. The Labute approximate surface area is 125 Å². The van der Waals surface area contributed by atoms with Crippen molar-refractivity contribution in [2.45, 2.75) is 18.7 Å². The van der Waals surface area contributed by atoms with E-state index in [1.807, 2.05) is 0 Å². The van der Waals surface area contributed by atoms with Crippen molar-refractivity contribution in [3.8, 4) is 0 Å². The lowest BCUT2D eigenvalue weighted by atomic mass is 10.2. The number of aryl methyl sites for hydroxylation is 1. The van der Waals surface area contributed by atoms with Gasteiger partial charge >= 0.3 is 9.33 Å². The summed E-state index contributed by atoms with van der Waals surface area (Å²) in [6.07, 6.45) is 0. The second-order valence-electron chi connectivity index (χ2n) is 3.51. The molecule has 1 aromatic rings. The maximum absolute atomic E-state index is 11.0. The highest BCUT2D eigenvalue weighted by molar-refractivity contribution is 8.13. The Hall–Kier alpha value is -0.870. The van der Waals surface area contributed by atoms with Crippen molar-refractivity contribution in [3.05, 3.63) is 23.8 Å². The van der Waals surface area contributed by atoms with Crippen LogP contribution >= 0.6 is 21.4 Å². The first-order chi connectivity index (χ1) is 8.80. The normalized spacial score (nSPS) is 11.2. The number of carbonyl (C=O) groups excluding carboxylic acids is 1. The van der Waals surface area contributed by atoms with Crippen molar-refractivity contribution in [3.63, 3.8) is 0 Å². The first-order valence-corrected chi connectivity index (χ1v) is 9.38. The Morgan fingerprint density at radius 1 is 1.20 bits per heavy atom. The molecule has 114 valence electrons. The molecule has 0 unspecified atom stereocenters. The summed E-state index contributed by atoms with van der Waals surface area (Å²) in [6.45, 7) is 3.11. The highest BCUT2D eigenvalue weighted by Crippen LogP contribution is 2.22. The Kier molecular flexibility index (Phi) is 6.91. The van der Waals surface area contributed by atoms with Crippen molar-refractivity contribution in [2.75, 3.05) is 5.32 Å². The molecule has 2 N–H and O–H groups in total. The molecule has 0 spiro atoms. The molecule has 0 atom stereocenters. The fraction of sp³-hybridized carbons (Fsp3) is 0.222. The minimum absolute atomic E-state index is 0.0292. The lowest BCUT2D eigenvalue weighted by Gasteiger charge is -2.07. The lowest BCUT2D eigenvalue weighted by molar-refractivity contribution is -0.114. The standard InChI is InChI=1S/C9H10ClNO3S.ClHO3S/c1-6-3-4-8(15(10,13)14)5-9(6)11-7(2)12;1-5(2,3)4/h3-5H,1-2H3,(H,11,12);(H,2,3,4). The van der Waals surface area contributed by atoms with Crippen LogP contribution in [0.5, 0.6) is 0 Å². The first-order valence-electron chi connectivity index (χ1n) is 4.80. The van der Waals surface area contributed by atoms with Gasteiger partial charge in [-0.3, -0.25) is 9.35 Å². The lowest BCUT2D eigenvalue weighted by Crippen LogP contribution is -2.07. The number of anilines is 1. The molecule has 0 saturated heterocycles. The van der Waals surface area contributed by atoms with Crippen molar-refractivity contribution in [2.24, 2.45) is 0 Å². The van der Waals surface area contributed by atoms with Crippen molar-refractivity contribution in [1.29, 1.82) is 0 Å². The van der Waals surface area contributed by atoms with Crippen molar-refractivity contribution < 1.29 is 26.2 Å². The van der Waals surface area contributed by atoms with Gasteiger partial charge < -0.3 is 5.32 Å². The van der Waals surface area contributed by atoms with Crippen LogP contribution < -0.4 is 5.32 Å². The zero-order valence-corrected chi connectivity index (χ0v) is 13.4. The molecule has 0 aromatic heterocycles. The van der Waals surface area contributed by atoms with E-state index in [2.05, 4.69) is 16.0 Å². The smallest absolute Gasteiger partial charge is 0.326 e. The highest BCUT2D eigenvalue weighted by Gasteiger charge is 2.12. The van der Waals surface area contributed by atoms with Crippen molar-refractivity contribution in [1.82, 2.24) is 0 Å². The predicted molar refractivity (Wildman–Crippen MR) is 75.9 cm³/mol. The van der Waals surface area contributed by atoms with E-state index in [9.17, 15) is 13.2 Å². The summed E-state index contributed by atoms with van der Waals surface area (Å²) in [7, 11) is 1.29. The molecular formula is C9H11Cl2NO6S2. The van der Waals surface area contributed by atoms with Gasteiger partial charge in [0.15, 0.2) is 0 Å². The van der Waals surface area contributed by atoms with Gasteiger partial charge in [-0.15, -0.1) is 0 Å². The van der Waals surface area contributed by atoms with E-state index in [1.54, 1.807) is 13.0 Å². The van der Waals surface area contributed by atoms with Crippen LogP contribution in [-0.2, 0) is 23.2 Å².